The van der Waals surface area contributed by atoms with Gasteiger partial charge in [-0.15, -0.1) is 0 Å². The first-order valence-electron chi connectivity index (χ1n) is 12.0. The van der Waals surface area contributed by atoms with Gasteiger partial charge < -0.3 is 20.6 Å². The van der Waals surface area contributed by atoms with Crippen LogP contribution in [0.5, 0.6) is 0 Å². The quantitative estimate of drug-likeness (QED) is 0.275. The molecule has 36 heavy (non-hydrogen) atoms. The predicted octanol–water partition coefficient (Wildman–Crippen LogP) is 5.89. The van der Waals surface area contributed by atoms with Gasteiger partial charge in [0.2, 0.25) is 0 Å². The molecule has 0 bridgehead atoms. The molecule has 0 unspecified atom stereocenters. The number of hydrogen-bond acceptors (Lipinski definition) is 4. The Morgan fingerprint density at radius 3 is 2.50 bits per heavy atom. The number of nitrogens with one attached hydrogen (secondary N) is 2. The van der Waals surface area contributed by atoms with Crippen LogP contribution in [0.3, 0.4) is 0 Å². The Labute approximate surface area is 220 Å². The van der Waals surface area contributed by atoms with E-state index in [1.807, 2.05) is 54.6 Å². The molecule has 1 aliphatic heterocycles. The molecule has 0 radical (unpaired) electrons. The summed E-state index contributed by atoms with van der Waals surface area (Å²) in [5.41, 5.74) is 6.82. The summed E-state index contributed by atoms with van der Waals surface area (Å²) in [6.45, 7) is 1.02. The van der Waals surface area contributed by atoms with Crippen LogP contribution in [0.1, 0.15) is 35.1 Å². The van der Waals surface area contributed by atoms with Crippen molar-refractivity contribution in [3.05, 3.63) is 93.5 Å². The molecule has 0 fully saturated rings. The van der Waals surface area contributed by atoms with E-state index in [1.165, 1.54) is 5.56 Å². The monoisotopic (exact) mass is 547 g/mol. The lowest BCUT2D eigenvalue weighted by Gasteiger charge is -2.16. The lowest BCUT2D eigenvalue weighted by atomic mass is 9.98. The minimum absolute atomic E-state index is 0.0802. The number of carboxylic acids is 1. The third-order valence-corrected chi connectivity index (χ3v) is 6.61. The number of nitrogens with zero attached hydrogens (tertiary/aromatic N) is 1. The number of carbonyl (C=O) groups is 2. The first-order chi connectivity index (χ1) is 17.3. The van der Waals surface area contributed by atoms with E-state index < -0.39 is 5.97 Å². The SMILES string of the molecule is CN(C)CCCc1cccc(N/C(=C2\C(=O)Nc3cc(Br)ccc32)c2ccc(CCC(=O)O)cc2)c1. The Bertz CT molecular complexity index is 1300. The average molecular weight is 548 g/mol. The van der Waals surface area contributed by atoms with Crippen LogP contribution < -0.4 is 10.6 Å². The average Bonchev–Trinajstić information content (AvgIpc) is 3.16. The molecule has 1 amide bonds. The number of benzene rings is 3. The number of rotatable bonds is 10. The summed E-state index contributed by atoms with van der Waals surface area (Å²) in [6.07, 6.45) is 2.57. The fourth-order valence-corrected chi connectivity index (χ4v) is 4.67. The Balaban J connectivity index is 1.71. The number of carboxylic acid groups (broad SMARTS) is 1. The molecule has 3 aromatic carbocycles. The number of aliphatic carboxylic acids is 1. The van der Waals surface area contributed by atoms with E-state index in [4.69, 9.17) is 5.11 Å². The molecule has 1 aliphatic rings. The Morgan fingerprint density at radius 1 is 1.00 bits per heavy atom. The topological polar surface area (TPSA) is 81.7 Å². The zero-order valence-electron chi connectivity index (χ0n) is 20.5. The van der Waals surface area contributed by atoms with Gasteiger partial charge in [-0.1, -0.05) is 58.4 Å². The molecule has 0 aromatic heterocycles. The summed E-state index contributed by atoms with van der Waals surface area (Å²) in [5, 5.41) is 15.5. The Kier molecular flexibility index (Phi) is 8.23. The van der Waals surface area contributed by atoms with Gasteiger partial charge in [-0.2, -0.15) is 0 Å². The Hall–Kier alpha value is -3.42. The molecule has 0 spiro atoms. The maximum atomic E-state index is 13.2. The standard InChI is InChI=1S/C29H30BrN3O3/c1-33(2)16-4-6-20-5-3-7-23(17-20)31-28(21-11-8-19(9-12-21)10-15-26(34)35)27-24-14-13-22(30)18-25(24)32-29(27)36/h3,5,7-9,11-14,17-18,31H,4,6,10,15-16H2,1-2H3,(H,32,36)(H,34,35)/b28-27-. The van der Waals surface area contributed by atoms with Crippen molar-refractivity contribution >= 4 is 50.5 Å². The molecule has 0 aliphatic carbocycles. The van der Waals surface area contributed by atoms with Crippen LogP contribution in [0.2, 0.25) is 0 Å². The molecule has 7 heteroatoms. The number of anilines is 2. The smallest absolute Gasteiger partial charge is 0.303 e. The first-order valence-corrected chi connectivity index (χ1v) is 12.8. The maximum absolute atomic E-state index is 13.2. The summed E-state index contributed by atoms with van der Waals surface area (Å²) in [6, 6.07) is 21.8. The maximum Gasteiger partial charge on any atom is 0.303 e. The molecule has 0 saturated heterocycles. The minimum atomic E-state index is -0.820. The Morgan fingerprint density at radius 2 is 1.78 bits per heavy atom. The van der Waals surface area contributed by atoms with Crippen LogP contribution in [0, 0.1) is 0 Å². The second-order valence-corrected chi connectivity index (χ2v) is 10.1. The van der Waals surface area contributed by atoms with Crippen LogP contribution in [-0.4, -0.2) is 42.5 Å². The summed E-state index contributed by atoms with van der Waals surface area (Å²) >= 11 is 3.48. The number of hydrogen-bond donors (Lipinski definition) is 3. The van der Waals surface area contributed by atoms with Gasteiger partial charge in [0.25, 0.3) is 5.91 Å². The summed E-state index contributed by atoms with van der Waals surface area (Å²) in [7, 11) is 4.15. The van der Waals surface area contributed by atoms with Gasteiger partial charge in [-0.25, -0.2) is 0 Å². The normalized spacial score (nSPS) is 13.9. The van der Waals surface area contributed by atoms with E-state index in [-0.39, 0.29) is 12.3 Å². The fourth-order valence-electron chi connectivity index (χ4n) is 4.31. The molecule has 4 rings (SSSR count). The molecule has 0 saturated carbocycles. The second-order valence-electron chi connectivity index (χ2n) is 9.22. The largest absolute Gasteiger partial charge is 0.481 e. The molecule has 0 atom stereocenters. The lowest BCUT2D eigenvalue weighted by molar-refractivity contribution is -0.137. The highest BCUT2D eigenvalue weighted by Crippen LogP contribution is 2.39. The zero-order chi connectivity index (χ0) is 25.7. The van der Waals surface area contributed by atoms with E-state index in [1.54, 1.807) is 0 Å². The molecular formula is C29H30BrN3O3. The summed E-state index contributed by atoms with van der Waals surface area (Å²) < 4.78 is 0.894. The predicted molar refractivity (Wildman–Crippen MR) is 149 cm³/mol. The van der Waals surface area contributed by atoms with Gasteiger partial charge in [-0.3, -0.25) is 9.59 Å². The van der Waals surface area contributed by atoms with E-state index in [9.17, 15) is 9.59 Å². The van der Waals surface area contributed by atoms with Crippen LogP contribution in [0.4, 0.5) is 11.4 Å². The molecular weight excluding hydrogens is 518 g/mol. The summed E-state index contributed by atoms with van der Waals surface area (Å²) in [4.78, 5) is 26.3. The van der Waals surface area contributed by atoms with E-state index in [2.05, 4.69) is 57.7 Å². The molecule has 6 nitrogen and oxygen atoms in total. The fraction of sp³-hybridized carbons (Fsp3) is 0.241. The van der Waals surface area contributed by atoms with Crippen molar-refractivity contribution in [2.24, 2.45) is 0 Å². The van der Waals surface area contributed by atoms with Crippen molar-refractivity contribution < 1.29 is 14.7 Å². The number of fused-ring (bicyclic) bond motifs is 1. The van der Waals surface area contributed by atoms with Crippen molar-refractivity contribution in [1.29, 1.82) is 0 Å². The highest BCUT2D eigenvalue weighted by atomic mass is 79.9. The van der Waals surface area contributed by atoms with Gasteiger partial charge >= 0.3 is 5.97 Å². The van der Waals surface area contributed by atoms with Crippen LogP contribution >= 0.6 is 15.9 Å². The first kappa shape index (κ1) is 25.7. The number of aryl methyl sites for hydroxylation is 2. The van der Waals surface area contributed by atoms with Crippen molar-refractivity contribution in [3.8, 4) is 0 Å². The van der Waals surface area contributed by atoms with E-state index in [0.717, 1.165) is 51.9 Å². The van der Waals surface area contributed by atoms with Gasteiger partial charge in [0.1, 0.15) is 0 Å². The van der Waals surface area contributed by atoms with Crippen LogP contribution in [-0.2, 0) is 22.4 Å². The molecule has 1 heterocycles. The van der Waals surface area contributed by atoms with Crippen LogP contribution in [0.25, 0.3) is 11.3 Å². The number of amides is 1. The molecule has 186 valence electrons. The van der Waals surface area contributed by atoms with Gasteiger partial charge in [0, 0.05) is 22.1 Å². The van der Waals surface area contributed by atoms with Crippen LogP contribution in [0.15, 0.2) is 71.2 Å². The highest BCUT2D eigenvalue weighted by Gasteiger charge is 2.28. The van der Waals surface area contributed by atoms with Crippen molar-refractivity contribution in [3.63, 3.8) is 0 Å². The van der Waals surface area contributed by atoms with Gasteiger partial charge in [0.15, 0.2) is 0 Å². The zero-order valence-corrected chi connectivity index (χ0v) is 22.1. The third-order valence-electron chi connectivity index (χ3n) is 6.11. The van der Waals surface area contributed by atoms with Crippen molar-refractivity contribution in [2.45, 2.75) is 25.7 Å². The van der Waals surface area contributed by atoms with E-state index in [0.29, 0.717) is 17.7 Å². The third kappa shape index (κ3) is 6.42. The number of halogens is 1. The minimum Gasteiger partial charge on any atom is -0.481 e. The van der Waals surface area contributed by atoms with Gasteiger partial charge in [0.05, 0.1) is 17.0 Å². The molecule has 3 aromatic rings. The number of carbonyl (C=O) groups excluding carboxylic acids is 1. The van der Waals surface area contributed by atoms with E-state index >= 15 is 0 Å². The van der Waals surface area contributed by atoms with Crippen molar-refractivity contribution in [1.82, 2.24) is 4.90 Å². The lowest BCUT2D eigenvalue weighted by Crippen LogP contribution is -2.13. The van der Waals surface area contributed by atoms with Crippen molar-refractivity contribution in [2.75, 3.05) is 31.3 Å². The van der Waals surface area contributed by atoms with Gasteiger partial charge in [-0.05, 0) is 80.9 Å². The highest BCUT2D eigenvalue weighted by molar-refractivity contribution is 9.10. The molecule has 3 N–H and O–H groups in total. The summed E-state index contributed by atoms with van der Waals surface area (Å²) in [5.74, 6) is -0.984. The second kappa shape index (κ2) is 11.5.